The SMILES string of the molecule is Cc1cc(I)c([C@@H](O)[C@H]2C(=O)CC(C)(C)OC2(C)C)cc1N1C(=O)c2ccccc2C1=O. The molecule has 2 amide bonds. The van der Waals surface area contributed by atoms with Gasteiger partial charge in [0.05, 0.1) is 40.0 Å². The molecule has 0 saturated carbocycles. The standard InChI is InChI=1S/C25H26INO5/c1-13-10-17(26)16(21(29)20-19(28)12-24(2,3)32-25(20,4)5)11-18(13)27-22(30)14-8-6-7-9-15(14)23(27)31/h6-11,20-21,29H,12H2,1-5H3/t20-,21-/m1/s1. The van der Waals surface area contributed by atoms with Crippen LogP contribution in [0.15, 0.2) is 36.4 Å². The molecule has 1 N–H and O–H groups in total. The van der Waals surface area contributed by atoms with E-state index in [1.54, 1.807) is 30.3 Å². The van der Waals surface area contributed by atoms with Crippen LogP contribution in [-0.2, 0) is 9.53 Å². The molecule has 0 aliphatic carbocycles. The van der Waals surface area contributed by atoms with E-state index in [2.05, 4.69) is 22.6 Å². The molecule has 1 saturated heterocycles. The molecule has 168 valence electrons. The van der Waals surface area contributed by atoms with Crippen LogP contribution in [0, 0.1) is 16.4 Å². The van der Waals surface area contributed by atoms with Gasteiger partial charge in [0, 0.05) is 9.99 Å². The topological polar surface area (TPSA) is 83.9 Å². The molecule has 0 unspecified atom stereocenters. The zero-order valence-corrected chi connectivity index (χ0v) is 20.9. The Bertz CT molecular complexity index is 1120. The number of ether oxygens (including phenoxy) is 1. The maximum atomic E-state index is 13.1. The van der Waals surface area contributed by atoms with Crippen LogP contribution in [0.25, 0.3) is 0 Å². The van der Waals surface area contributed by atoms with Crippen LogP contribution < -0.4 is 4.90 Å². The van der Waals surface area contributed by atoms with E-state index in [9.17, 15) is 19.5 Å². The van der Waals surface area contributed by atoms with E-state index < -0.39 is 35.0 Å². The summed E-state index contributed by atoms with van der Waals surface area (Å²) in [6.45, 7) is 9.17. The Labute approximate surface area is 201 Å². The third kappa shape index (κ3) is 3.70. The summed E-state index contributed by atoms with van der Waals surface area (Å²) in [5.41, 5.74) is 0.857. The second kappa shape index (κ2) is 7.74. The Morgan fingerprint density at radius 3 is 2.16 bits per heavy atom. The molecule has 1 fully saturated rings. The zero-order valence-electron chi connectivity index (χ0n) is 18.7. The number of aryl methyl sites for hydroxylation is 1. The molecule has 32 heavy (non-hydrogen) atoms. The first-order chi connectivity index (χ1) is 14.8. The number of amides is 2. The molecule has 0 aromatic heterocycles. The number of carbonyl (C=O) groups is 3. The largest absolute Gasteiger partial charge is 0.388 e. The first-order valence-electron chi connectivity index (χ1n) is 10.5. The molecule has 2 heterocycles. The van der Waals surface area contributed by atoms with Crippen molar-refractivity contribution in [2.45, 2.75) is 58.3 Å². The molecule has 0 radical (unpaired) electrons. The minimum atomic E-state index is -1.14. The Hall–Kier alpha value is -2.10. The first kappa shape index (κ1) is 23.1. The van der Waals surface area contributed by atoms with E-state index in [0.29, 0.717) is 22.4 Å². The van der Waals surface area contributed by atoms with Gasteiger partial charge in [0.1, 0.15) is 5.78 Å². The number of imide groups is 1. The number of anilines is 1. The highest BCUT2D eigenvalue weighted by Gasteiger charge is 2.50. The number of Topliss-reactive ketones (excluding diaryl/α,β-unsaturated/α-hetero) is 1. The normalized spacial score (nSPS) is 22.8. The van der Waals surface area contributed by atoms with Gasteiger partial charge in [-0.15, -0.1) is 0 Å². The number of benzene rings is 2. The van der Waals surface area contributed by atoms with Crippen molar-refractivity contribution in [1.82, 2.24) is 0 Å². The van der Waals surface area contributed by atoms with Gasteiger partial charge in [-0.25, -0.2) is 4.90 Å². The van der Waals surface area contributed by atoms with Crippen molar-refractivity contribution in [3.63, 3.8) is 0 Å². The number of rotatable bonds is 3. The van der Waals surface area contributed by atoms with Crippen molar-refractivity contribution in [3.8, 4) is 0 Å². The molecule has 2 aliphatic rings. The van der Waals surface area contributed by atoms with Crippen molar-refractivity contribution in [3.05, 3.63) is 62.2 Å². The molecule has 2 aliphatic heterocycles. The van der Waals surface area contributed by atoms with Crippen LogP contribution in [0.4, 0.5) is 5.69 Å². The lowest BCUT2D eigenvalue weighted by atomic mass is 9.74. The predicted molar refractivity (Wildman–Crippen MR) is 129 cm³/mol. The monoisotopic (exact) mass is 547 g/mol. The van der Waals surface area contributed by atoms with E-state index in [1.165, 1.54) is 0 Å². The minimum absolute atomic E-state index is 0.0718. The fourth-order valence-corrected chi connectivity index (χ4v) is 5.96. The van der Waals surface area contributed by atoms with Gasteiger partial charge >= 0.3 is 0 Å². The molecule has 6 nitrogen and oxygen atoms in total. The van der Waals surface area contributed by atoms with Gasteiger partial charge in [-0.2, -0.15) is 0 Å². The highest BCUT2D eigenvalue weighted by Crippen LogP contribution is 2.45. The van der Waals surface area contributed by atoms with Gasteiger partial charge in [0.2, 0.25) is 0 Å². The van der Waals surface area contributed by atoms with Crippen molar-refractivity contribution >= 4 is 45.9 Å². The second-order valence-electron chi connectivity index (χ2n) is 9.68. The van der Waals surface area contributed by atoms with Crippen molar-refractivity contribution in [1.29, 1.82) is 0 Å². The maximum absolute atomic E-state index is 13.1. The number of hydrogen-bond acceptors (Lipinski definition) is 5. The van der Waals surface area contributed by atoms with E-state index in [1.807, 2.05) is 40.7 Å². The van der Waals surface area contributed by atoms with Crippen LogP contribution in [-0.4, -0.2) is 33.9 Å². The lowest BCUT2D eigenvalue weighted by Gasteiger charge is -2.47. The number of ketones is 1. The Morgan fingerprint density at radius 1 is 1.06 bits per heavy atom. The Kier molecular flexibility index (Phi) is 5.58. The first-order valence-corrected chi connectivity index (χ1v) is 11.6. The van der Waals surface area contributed by atoms with Gasteiger partial charge in [0.15, 0.2) is 0 Å². The van der Waals surface area contributed by atoms with Crippen molar-refractivity contribution in [2.24, 2.45) is 5.92 Å². The second-order valence-corrected chi connectivity index (χ2v) is 10.8. The third-order valence-electron chi connectivity index (χ3n) is 6.22. The summed E-state index contributed by atoms with van der Waals surface area (Å²) in [7, 11) is 0. The van der Waals surface area contributed by atoms with Gasteiger partial charge < -0.3 is 9.84 Å². The van der Waals surface area contributed by atoms with Crippen LogP contribution in [0.2, 0.25) is 0 Å². The molecular weight excluding hydrogens is 521 g/mol. The minimum Gasteiger partial charge on any atom is -0.388 e. The number of carbonyl (C=O) groups excluding carboxylic acids is 3. The van der Waals surface area contributed by atoms with Gasteiger partial charge in [0.25, 0.3) is 11.8 Å². The van der Waals surface area contributed by atoms with E-state index in [0.717, 1.165) is 14.0 Å². The molecule has 2 aromatic carbocycles. The number of aliphatic hydroxyl groups is 1. The van der Waals surface area contributed by atoms with Crippen molar-refractivity contribution < 1.29 is 24.2 Å². The summed E-state index contributed by atoms with van der Waals surface area (Å²) in [5, 5.41) is 11.4. The number of aliphatic hydroxyl groups excluding tert-OH is 1. The average Bonchev–Trinajstić information content (AvgIpc) is 2.91. The fraction of sp³-hybridized carbons (Fsp3) is 0.400. The summed E-state index contributed by atoms with van der Waals surface area (Å²) in [4.78, 5) is 40.2. The molecule has 0 spiro atoms. The van der Waals surface area contributed by atoms with E-state index in [-0.39, 0.29) is 12.2 Å². The van der Waals surface area contributed by atoms with E-state index >= 15 is 0 Å². The smallest absolute Gasteiger partial charge is 0.266 e. The summed E-state index contributed by atoms with van der Waals surface area (Å²) in [6.07, 6.45) is -0.943. The number of nitrogens with zero attached hydrogens (tertiary/aromatic N) is 1. The zero-order chi connectivity index (χ0) is 23.6. The molecule has 4 rings (SSSR count). The summed E-state index contributed by atoms with van der Waals surface area (Å²) >= 11 is 2.11. The molecule has 7 heteroatoms. The summed E-state index contributed by atoms with van der Waals surface area (Å²) < 4.78 is 6.91. The molecule has 2 atom stereocenters. The van der Waals surface area contributed by atoms with E-state index in [4.69, 9.17) is 4.74 Å². The molecular formula is C25H26INO5. The molecule has 2 aromatic rings. The Balaban J connectivity index is 1.77. The summed E-state index contributed by atoms with van der Waals surface area (Å²) in [6, 6.07) is 10.2. The van der Waals surface area contributed by atoms with Gasteiger partial charge in [-0.3, -0.25) is 14.4 Å². The maximum Gasteiger partial charge on any atom is 0.266 e. The lowest BCUT2D eigenvalue weighted by molar-refractivity contribution is -0.202. The van der Waals surface area contributed by atoms with Gasteiger partial charge in [-0.1, -0.05) is 12.1 Å². The predicted octanol–water partition coefficient (Wildman–Crippen LogP) is 4.60. The molecule has 0 bridgehead atoms. The van der Waals surface area contributed by atoms with Crippen LogP contribution >= 0.6 is 22.6 Å². The average molecular weight is 547 g/mol. The van der Waals surface area contributed by atoms with Gasteiger partial charge in [-0.05, 0) is 92.6 Å². The lowest BCUT2D eigenvalue weighted by Crippen LogP contribution is -2.54. The fourth-order valence-electron chi connectivity index (χ4n) is 5.02. The summed E-state index contributed by atoms with van der Waals surface area (Å²) in [5.74, 6) is -1.64. The number of hydrogen-bond donors (Lipinski definition) is 1. The van der Waals surface area contributed by atoms with Crippen LogP contribution in [0.3, 0.4) is 0 Å². The number of halogens is 1. The van der Waals surface area contributed by atoms with Crippen molar-refractivity contribution in [2.75, 3.05) is 4.90 Å². The Morgan fingerprint density at radius 2 is 1.62 bits per heavy atom. The highest BCUT2D eigenvalue weighted by atomic mass is 127. The van der Waals surface area contributed by atoms with Crippen LogP contribution in [0.1, 0.15) is 72.1 Å². The number of fused-ring (bicyclic) bond motifs is 1. The third-order valence-corrected chi connectivity index (χ3v) is 7.15. The van der Waals surface area contributed by atoms with Crippen LogP contribution in [0.5, 0.6) is 0 Å². The quantitative estimate of drug-likeness (QED) is 0.449. The highest BCUT2D eigenvalue weighted by molar-refractivity contribution is 14.1.